The van der Waals surface area contributed by atoms with Crippen LogP contribution in [0.3, 0.4) is 0 Å². The number of methoxy groups -OCH3 is 1. The summed E-state index contributed by atoms with van der Waals surface area (Å²) in [6, 6.07) is 20.1. The molecule has 5 N–H and O–H groups in total. The first kappa shape index (κ1) is 57.6. The van der Waals surface area contributed by atoms with Gasteiger partial charge in [-0.25, -0.2) is 13.8 Å². The second kappa shape index (κ2) is 25.9. The Kier molecular flexibility index (Phi) is 18.9. The molecule has 1 saturated heterocycles. The van der Waals surface area contributed by atoms with Crippen molar-refractivity contribution in [3.05, 3.63) is 120 Å². The van der Waals surface area contributed by atoms with E-state index in [1.807, 2.05) is 52.0 Å². The topological polar surface area (TPSA) is 229 Å². The van der Waals surface area contributed by atoms with E-state index in [0.717, 1.165) is 27.8 Å². The quantitative estimate of drug-likeness (QED) is 0.0268. The van der Waals surface area contributed by atoms with Gasteiger partial charge in [0.15, 0.2) is 23.1 Å². The summed E-state index contributed by atoms with van der Waals surface area (Å²) in [7, 11) is 1.49. The number of ether oxygens (including phenoxy) is 5. The number of aliphatic hydroxyl groups is 1. The number of halogens is 2. The fraction of sp³-hybridized carbons (Fsp3) is 0.397. The number of hydrogen-bond donors (Lipinski definition) is 5. The fourth-order valence-corrected chi connectivity index (χ4v) is 9.79. The Morgan fingerprint density at radius 2 is 1.49 bits per heavy atom. The van der Waals surface area contributed by atoms with E-state index in [1.54, 1.807) is 35.0 Å². The first-order valence-corrected chi connectivity index (χ1v) is 27.0. The molecule has 8 rings (SSSR count). The van der Waals surface area contributed by atoms with Crippen LogP contribution in [0.2, 0.25) is 0 Å². The Balaban J connectivity index is 0.721. The van der Waals surface area contributed by atoms with E-state index < -0.39 is 58.4 Å². The van der Waals surface area contributed by atoms with Crippen molar-refractivity contribution < 1.29 is 61.5 Å². The largest absolute Gasteiger partial charge is 0.493 e. The van der Waals surface area contributed by atoms with Crippen molar-refractivity contribution in [1.29, 1.82) is 0 Å². The van der Waals surface area contributed by atoms with Crippen molar-refractivity contribution >= 4 is 63.2 Å². The number of carbonyl (C=O) groups excluding carboxylic acids is 5. The number of pyridine rings is 1. The van der Waals surface area contributed by atoms with Crippen molar-refractivity contribution in [2.75, 3.05) is 57.3 Å². The van der Waals surface area contributed by atoms with Gasteiger partial charge < -0.3 is 55.0 Å². The Hall–Kier alpha value is -7.59. The van der Waals surface area contributed by atoms with Crippen LogP contribution in [-0.2, 0) is 40.0 Å². The van der Waals surface area contributed by atoms with E-state index in [0.29, 0.717) is 80.2 Å². The SMILES string of the molecule is COc1cc2c(Oc3ccc(NC(=O)C4(C(=O)Nc5ccc(F)cc5)CC4)cc3F)ccnc2cc1OCCCOCCCOCCC(=O)NC(C(=O)N1CC(O)CC1C(=O)NCc1ccc(-c2scnc2C)cc1)C(C)(C)C. The lowest BCUT2D eigenvalue weighted by Gasteiger charge is -2.35. The van der Waals surface area contributed by atoms with Crippen molar-refractivity contribution in [2.24, 2.45) is 10.8 Å². The molecule has 0 bridgehead atoms. The number of thiazole rings is 1. The molecular formula is C58H65F2N7O11S. The number of aromatic nitrogens is 2. The summed E-state index contributed by atoms with van der Waals surface area (Å²) in [5.74, 6) is -2.54. The molecule has 18 nitrogen and oxygen atoms in total. The molecule has 3 atom stereocenters. The minimum atomic E-state index is -1.32. The van der Waals surface area contributed by atoms with Crippen LogP contribution in [0.15, 0.2) is 96.6 Å². The van der Waals surface area contributed by atoms with Crippen LogP contribution >= 0.6 is 11.3 Å². The third-order valence-electron chi connectivity index (χ3n) is 13.6. The molecule has 4 aromatic carbocycles. The molecule has 79 heavy (non-hydrogen) atoms. The number of likely N-dealkylation sites (tertiary alicyclic amines) is 1. The van der Waals surface area contributed by atoms with Crippen molar-refractivity contribution in [3.63, 3.8) is 0 Å². The minimum Gasteiger partial charge on any atom is -0.493 e. The van der Waals surface area contributed by atoms with Crippen molar-refractivity contribution in [1.82, 2.24) is 25.5 Å². The average Bonchev–Trinajstić information content (AvgIpc) is 4.09. The number of rotatable bonds is 25. The number of nitrogens with one attached hydrogen (secondary N) is 4. The Morgan fingerprint density at radius 3 is 2.15 bits per heavy atom. The molecule has 0 radical (unpaired) electrons. The average molecular weight is 1110 g/mol. The first-order valence-electron chi connectivity index (χ1n) is 26.1. The van der Waals surface area contributed by atoms with Gasteiger partial charge in [-0.3, -0.25) is 29.0 Å². The number of nitrogens with zero attached hydrogens (tertiary/aromatic N) is 3. The van der Waals surface area contributed by atoms with E-state index in [2.05, 4.69) is 31.2 Å². The van der Waals surface area contributed by atoms with Crippen molar-refractivity contribution in [2.45, 2.75) is 91.0 Å². The molecule has 2 aliphatic rings. The van der Waals surface area contributed by atoms with Crippen LogP contribution in [0.25, 0.3) is 21.3 Å². The third kappa shape index (κ3) is 14.8. The van der Waals surface area contributed by atoms with E-state index in [-0.39, 0.29) is 61.5 Å². The molecule has 2 fully saturated rings. The second-order valence-corrected chi connectivity index (χ2v) is 21.4. The number of fused-ring (bicyclic) bond motifs is 1. The van der Waals surface area contributed by atoms with Gasteiger partial charge >= 0.3 is 0 Å². The number of benzene rings is 4. The van der Waals surface area contributed by atoms with E-state index >= 15 is 4.39 Å². The zero-order valence-electron chi connectivity index (χ0n) is 44.7. The van der Waals surface area contributed by atoms with Gasteiger partial charge in [0.05, 0.1) is 48.0 Å². The highest BCUT2D eigenvalue weighted by atomic mass is 32.1. The van der Waals surface area contributed by atoms with Gasteiger partial charge in [0.25, 0.3) is 0 Å². The predicted molar refractivity (Wildman–Crippen MR) is 293 cm³/mol. The van der Waals surface area contributed by atoms with Gasteiger partial charge in [0.1, 0.15) is 29.1 Å². The van der Waals surface area contributed by atoms with Crippen LogP contribution in [0.1, 0.15) is 70.6 Å². The molecule has 3 heterocycles. The molecule has 2 aromatic heterocycles. The molecule has 1 aliphatic carbocycles. The third-order valence-corrected chi connectivity index (χ3v) is 14.5. The van der Waals surface area contributed by atoms with Crippen LogP contribution < -0.4 is 35.5 Å². The summed E-state index contributed by atoms with van der Waals surface area (Å²) in [5.41, 5.74) is 3.64. The Bertz CT molecular complexity index is 3130. The number of hydrogen-bond acceptors (Lipinski definition) is 14. The summed E-state index contributed by atoms with van der Waals surface area (Å²) in [5, 5.41) is 22.2. The second-order valence-electron chi connectivity index (χ2n) is 20.5. The maximum absolute atomic E-state index is 15.5. The van der Waals surface area contributed by atoms with Crippen LogP contribution in [0, 0.1) is 29.4 Å². The molecule has 6 aromatic rings. The van der Waals surface area contributed by atoms with Gasteiger partial charge in [0, 0.05) is 87.3 Å². The number of aliphatic hydroxyl groups excluding tert-OH is 1. The Morgan fingerprint density at radius 1 is 0.810 bits per heavy atom. The van der Waals surface area contributed by atoms with Crippen molar-refractivity contribution in [3.8, 4) is 33.4 Å². The maximum Gasteiger partial charge on any atom is 0.246 e. The van der Waals surface area contributed by atoms with Gasteiger partial charge in [-0.2, -0.15) is 0 Å². The molecule has 3 unspecified atom stereocenters. The van der Waals surface area contributed by atoms with E-state index in [1.165, 1.54) is 54.6 Å². The first-order chi connectivity index (χ1) is 37.9. The molecule has 5 amide bonds. The van der Waals surface area contributed by atoms with E-state index in [4.69, 9.17) is 23.7 Å². The van der Waals surface area contributed by atoms with Gasteiger partial charge in [-0.15, -0.1) is 11.3 Å². The summed E-state index contributed by atoms with van der Waals surface area (Å²) < 4.78 is 57.9. The predicted octanol–water partition coefficient (Wildman–Crippen LogP) is 8.49. The molecule has 418 valence electrons. The number of anilines is 2. The van der Waals surface area contributed by atoms with Crippen LogP contribution in [-0.4, -0.2) is 114 Å². The lowest BCUT2D eigenvalue weighted by molar-refractivity contribution is -0.144. The molecular weight excluding hydrogens is 1040 g/mol. The van der Waals surface area contributed by atoms with Gasteiger partial charge in [-0.1, -0.05) is 45.0 Å². The zero-order chi connectivity index (χ0) is 56.3. The molecule has 0 spiro atoms. The minimum absolute atomic E-state index is 0.0110. The molecule has 1 saturated carbocycles. The lowest BCUT2D eigenvalue weighted by atomic mass is 9.85. The molecule has 21 heteroatoms. The number of β-amino-alcohol motifs (C(OH)–C–C–N with tert-alkyl or cyclic N) is 1. The van der Waals surface area contributed by atoms with Crippen LogP contribution in [0.5, 0.6) is 23.0 Å². The Labute approximate surface area is 460 Å². The van der Waals surface area contributed by atoms with Crippen LogP contribution in [0.4, 0.5) is 20.2 Å². The zero-order valence-corrected chi connectivity index (χ0v) is 45.5. The van der Waals surface area contributed by atoms with Gasteiger partial charge in [-0.05, 0) is 91.3 Å². The summed E-state index contributed by atoms with van der Waals surface area (Å²) in [4.78, 5) is 78.0. The maximum atomic E-state index is 15.5. The monoisotopic (exact) mass is 1110 g/mol. The summed E-state index contributed by atoms with van der Waals surface area (Å²) >= 11 is 1.56. The number of amides is 5. The van der Waals surface area contributed by atoms with Gasteiger partial charge in [0.2, 0.25) is 29.5 Å². The smallest absolute Gasteiger partial charge is 0.246 e. The number of carbonyl (C=O) groups is 5. The highest BCUT2D eigenvalue weighted by Crippen LogP contribution is 2.48. The lowest BCUT2D eigenvalue weighted by Crippen LogP contribution is -2.57. The number of aryl methyl sites for hydroxylation is 1. The molecule has 1 aliphatic heterocycles. The normalized spacial score (nSPS) is 16.0. The van der Waals surface area contributed by atoms with E-state index in [9.17, 15) is 33.5 Å². The summed E-state index contributed by atoms with van der Waals surface area (Å²) in [6.07, 6.45) is 2.47. The summed E-state index contributed by atoms with van der Waals surface area (Å²) in [6.45, 7) is 9.25. The standard InChI is InChI=1S/C58H65F2N7O11S/c1-35-51(79-34-63-35)37-10-8-36(9-11-37)32-62-53(70)45-29-41(68)33-67(45)54(71)52(57(2,3)4)66-50(69)19-27-76-24-6-23-75-25-7-26-77-49-31-44-42(30-48(49)74-5)46(18-22-61-44)78-47-17-16-40(28-43(47)60)65-56(73)58(20-21-58)55(72)64-39-14-12-38(59)13-15-39/h8-18,22,28,30-31,34,41,45,52,68H,6-7,19-21,23-27,29,32-33H2,1-5H3,(H,62,70)(H,64,72)(H,65,73)(H,66,69). The highest BCUT2D eigenvalue weighted by molar-refractivity contribution is 7.13. The highest BCUT2D eigenvalue weighted by Gasteiger charge is 2.56. The fourth-order valence-electron chi connectivity index (χ4n) is 8.98.